The number of hydrogen-bond donors (Lipinski definition) is 0. The van der Waals surface area contributed by atoms with Gasteiger partial charge in [0.15, 0.2) is 5.69 Å². The van der Waals surface area contributed by atoms with E-state index >= 15 is 0 Å². The van der Waals surface area contributed by atoms with Gasteiger partial charge in [-0.3, -0.25) is 0 Å². The molecule has 0 aliphatic carbocycles. The minimum absolute atomic E-state index is 0.0157. The summed E-state index contributed by atoms with van der Waals surface area (Å²) in [6.07, 6.45) is -1.74. The molecule has 0 unspecified atom stereocenters. The first kappa shape index (κ1) is 12.6. The van der Waals surface area contributed by atoms with Crippen LogP contribution in [0.15, 0.2) is 6.20 Å². The Morgan fingerprint density at radius 3 is 2.73 bits per heavy atom. The summed E-state index contributed by atoms with van der Waals surface area (Å²) in [5.41, 5.74) is -0.550. The molecule has 15 heavy (non-hydrogen) atoms. The number of nitrogens with zero attached hydrogens (tertiary/aromatic N) is 1. The summed E-state index contributed by atoms with van der Waals surface area (Å²) in [6, 6.07) is 0. The molecule has 7 heteroatoms. The van der Waals surface area contributed by atoms with Crippen LogP contribution < -0.4 is 0 Å². The van der Waals surface area contributed by atoms with Crippen molar-refractivity contribution < 1.29 is 18.3 Å². The minimum Gasteiger partial charge on any atom is -0.464 e. The molecule has 0 N–H and O–H groups in total. The Hall–Kier alpha value is -0.500. The highest BCUT2D eigenvalue weighted by Crippen LogP contribution is 2.32. The Balaban J connectivity index is 3.35. The zero-order chi connectivity index (χ0) is 11.6. The lowest BCUT2D eigenvalue weighted by molar-refractivity contribution is 0.0592. The highest BCUT2D eigenvalue weighted by molar-refractivity contribution is 14.1. The second-order valence-electron chi connectivity index (χ2n) is 2.47. The zero-order valence-electron chi connectivity index (χ0n) is 7.43. The molecule has 0 amide bonds. The summed E-state index contributed by atoms with van der Waals surface area (Å²) >= 11 is 7.14. The summed E-state index contributed by atoms with van der Waals surface area (Å²) in [6.45, 7) is 0. The van der Waals surface area contributed by atoms with E-state index in [1.54, 1.807) is 22.6 Å². The van der Waals surface area contributed by atoms with Crippen molar-refractivity contribution in [1.29, 1.82) is 0 Å². The van der Waals surface area contributed by atoms with Crippen LogP contribution in [0.5, 0.6) is 0 Å². The van der Waals surface area contributed by atoms with Gasteiger partial charge in [0.25, 0.3) is 6.43 Å². The van der Waals surface area contributed by atoms with E-state index in [0.717, 1.165) is 13.3 Å². The van der Waals surface area contributed by atoms with Crippen molar-refractivity contribution in [3.63, 3.8) is 0 Å². The number of carbonyl (C=O) groups is 1. The molecule has 0 saturated heterocycles. The summed E-state index contributed by atoms with van der Waals surface area (Å²) < 4.78 is 29.5. The Morgan fingerprint density at radius 2 is 2.27 bits per heavy atom. The fraction of sp³-hybridized carbons (Fsp3) is 0.250. The van der Waals surface area contributed by atoms with Gasteiger partial charge in [0, 0.05) is 6.20 Å². The van der Waals surface area contributed by atoms with Gasteiger partial charge in [0.05, 0.1) is 21.3 Å². The molecule has 3 nitrogen and oxygen atoms in total. The molecular formula is C8H5ClF2INO2. The summed E-state index contributed by atoms with van der Waals surface area (Å²) in [5, 5.41) is -0.165. The van der Waals surface area contributed by atoms with E-state index in [2.05, 4.69) is 9.72 Å². The molecule has 0 aromatic carbocycles. The largest absolute Gasteiger partial charge is 0.464 e. The van der Waals surface area contributed by atoms with Crippen molar-refractivity contribution in [2.24, 2.45) is 0 Å². The smallest absolute Gasteiger partial charge is 0.357 e. The molecule has 1 aromatic rings. The van der Waals surface area contributed by atoms with Crippen LogP contribution in [-0.4, -0.2) is 18.1 Å². The van der Waals surface area contributed by atoms with Crippen LogP contribution in [0, 0.1) is 3.57 Å². The normalized spacial score (nSPS) is 10.5. The van der Waals surface area contributed by atoms with Crippen molar-refractivity contribution in [3.05, 3.63) is 26.0 Å². The molecule has 0 fully saturated rings. The number of aromatic nitrogens is 1. The van der Waals surface area contributed by atoms with Gasteiger partial charge < -0.3 is 4.74 Å². The molecule has 1 heterocycles. The van der Waals surface area contributed by atoms with Crippen molar-refractivity contribution in [2.75, 3.05) is 7.11 Å². The van der Waals surface area contributed by atoms with E-state index in [0.29, 0.717) is 0 Å². The van der Waals surface area contributed by atoms with Crippen molar-refractivity contribution in [1.82, 2.24) is 4.98 Å². The highest BCUT2D eigenvalue weighted by atomic mass is 127. The minimum atomic E-state index is -2.75. The first-order chi connectivity index (χ1) is 6.99. The lowest BCUT2D eigenvalue weighted by Crippen LogP contribution is -2.09. The average molecular weight is 347 g/mol. The third-order valence-corrected chi connectivity index (χ3v) is 3.00. The van der Waals surface area contributed by atoms with Gasteiger partial charge in [0.2, 0.25) is 0 Å². The number of rotatable bonds is 2. The number of esters is 1. The van der Waals surface area contributed by atoms with E-state index in [1.165, 1.54) is 0 Å². The number of alkyl halides is 2. The summed E-state index contributed by atoms with van der Waals surface area (Å²) in [7, 11) is 1.15. The summed E-state index contributed by atoms with van der Waals surface area (Å²) in [5.74, 6) is -0.766. The predicted octanol–water partition coefficient (Wildman–Crippen LogP) is 3.06. The molecule has 0 atom stereocenters. The van der Waals surface area contributed by atoms with Crippen LogP contribution in [-0.2, 0) is 4.74 Å². The Bertz CT molecular complexity index is 400. The molecule has 0 aliphatic heterocycles. The number of ether oxygens (including phenoxy) is 1. The molecule has 0 bridgehead atoms. The van der Waals surface area contributed by atoms with E-state index < -0.39 is 18.0 Å². The second-order valence-corrected chi connectivity index (χ2v) is 3.96. The number of methoxy groups -OCH3 is 1. The van der Waals surface area contributed by atoms with Crippen molar-refractivity contribution in [2.45, 2.75) is 6.43 Å². The van der Waals surface area contributed by atoms with Gasteiger partial charge in [-0.05, 0) is 22.6 Å². The van der Waals surface area contributed by atoms with Crippen LogP contribution in [0.1, 0.15) is 22.5 Å². The van der Waals surface area contributed by atoms with Crippen molar-refractivity contribution in [3.8, 4) is 0 Å². The second kappa shape index (κ2) is 5.02. The number of halogens is 4. The van der Waals surface area contributed by atoms with Gasteiger partial charge in [-0.25, -0.2) is 18.6 Å². The number of carbonyl (C=O) groups excluding carboxylic acids is 1. The van der Waals surface area contributed by atoms with Gasteiger partial charge >= 0.3 is 5.97 Å². The monoisotopic (exact) mass is 347 g/mol. The van der Waals surface area contributed by atoms with Crippen LogP contribution in [0.2, 0.25) is 5.02 Å². The third-order valence-electron chi connectivity index (χ3n) is 1.61. The Kier molecular flexibility index (Phi) is 4.21. The van der Waals surface area contributed by atoms with Gasteiger partial charge in [0.1, 0.15) is 0 Å². The maximum atomic E-state index is 12.6. The van der Waals surface area contributed by atoms with Gasteiger partial charge in [-0.2, -0.15) is 0 Å². The van der Waals surface area contributed by atoms with Gasteiger partial charge in [-0.1, -0.05) is 11.6 Å². The molecular weight excluding hydrogens is 342 g/mol. The SMILES string of the molecule is COC(=O)c1ncc(Cl)c(C(F)F)c1I. The molecule has 0 spiro atoms. The Labute approximate surface area is 103 Å². The van der Waals surface area contributed by atoms with Crippen LogP contribution in [0.3, 0.4) is 0 Å². The lowest BCUT2D eigenvalue weighted by Gasteiger charge is -2.08. The fourth-order valence-electron chi connectivity index (χ4n) is 0.919. The summed E-state index contributed by atoms with van der Waals surface area (Å²) in [4.78, 5) is 14.8. The first-order valence-electron chi connectivity index (χ1n) is 3.69. The number of pyridine rings is 1. The van der Waals surface area contributed by atoms with Crippen LogP contribution in [0.25, 0.3) is 0 Å². The van der Waals surface area contributed by atoms with Crippen LogP contribution in [0.4, 0.5) is 8.78 Å². The average Bonchev–Trinajstić information content (AvgIpc) is 2.16. The topological polar surface area (TPSA) is 39.2 Å². The molecule has 82 valence electrons. The van der Waals surface area contributed by atoms with Gasteiger partial charge in [-0.15, -0.1) is 0 Å². The van der Waals surface area contributed by atoms with E-state index in [4.69, 9.17) is 11.6 Å². The fourth-order valence-corrected chi connectivity index (χ4v) is 2.19. The van der Waals surface area contributed by atoms with Crippen molar-refractivity contribution >= 4 is 40.2 Å². The highest BCUT2D eigenvalue weighted by Gasteiger charge is 2.23. The molecule has 1 rings (SSSR count). The zero-order valence-corrected chi connectivity index (χ0v) is 10.3. The maximum absolute atomic E-state index is 12.6. The Morgan fingerprint density at radius 1 is 1.67 bits per heavy atom. The quantitative estimate of drug-likeness (QED) is 0.610. The molecule has 0 radical (unpaired) electrons. The van der Waals surface area contributed by atoms with Crippen LogP contribution >= 0.6 is 34.2 Å². The lowest BCUT2D eigenvalue weighted by atomic mass is 10.2. The third kappa shape index (κ3) is 2.54. The molecule has 1 aromatic heterocycles. The van der Waals surface area contributed by atoms with E-state index in [-0.39, 0.29) is 14.3 Å². The van der Waals surface area contributed by atoms with E-state index in [9.17, 15) is 13.6 Å². The number of hydrogen-bond acceptors (Lipinski definition) is 3. The standard InChI is InChI=1S/C8H5ClF2INO2/c1-15-8(14)6-5(12)4(7(10)11)3(9)2-13-6/h2,7H,1H3. The molecule has 0 saturated carbocycles. The van der Waals surface area contributed by atoms with E-state index in [1.807, 2.05) is 0 Å². The first-order valence-corrected chi connectivity index (χ1v) is 5.15. The predicted molar refractivity (Wildman–Crippen MR) is 58.3 cm³/mol. The molecule has 0 aliphatic rings. The maximum Gasteiger partial charge on any atom is 0.357 e.